The highest BCUT2D eigenvalue weighted by Gasteiger charge is 2.30. The molecule has 0 aliphatic carbocycles. The molecular weight excluding hydrogens is 280 g/mol. The van der Waals surface area contributed by atoms with Crippen molar-refractivity contribution in [1.29, 1.82) is 0 Å². The van der Waals surface area contributed by atoms with Gasteiger partial charge in [0.2, 0.25) is 5.91 Å². The number of hydrogen-bond acceptors (Lipinski definition) is 5. The van der Waals surface area contributed by atoms with Gasteiger partial charge in [-0.2, -0.15) is 5.10 Å². The first-order valence-corrected chi connectivity index (χ1v) is 6.68. The van der Waals surface area contributed by atoms with Crippen LogP contribution in [0.25, 0.3) is 0 Å². The highest BCUT2D eigenvalue weighted by Crippen LogP contribution is 2.18. The van der Waals surface area contributed by atoms with Crippen LogP contribution in [0.5, 0.6) is 0 Å². The van der Waals surface area contributed by atoms with Gasteiger partial charge < -0.3 is 10.0 Å². The summed E-state index contributed by atoms with van der Waals surface area (Å²) in [4.78, 5) is 34.8. The quantitative estimate of drug-likeness (QED) is 0.643. The molecule has 1 aliphatic rings. The Hall–Kier alpha value is -2.45. The van der Waals surface area contributed by atoms with Crippen LogP contribution in [0.1, 0.15) is 25.7 Å². The molecule has 1 N–H and O–H groups in total. The molecule has 2 rings (SSSR count). The van der Waals surface area contributed by atoms with Crippen molar-refractivity contribution in [3.05, 3.63) is 22.5 Å². The van der Waals surface area contributed by atoms with Crippen molar-refractivity contribution in [2.24, 2.45) is 0 Å². The summed E-state index contributed by atoms with van der Waals surface area (Å²) in [6.45, 7) is 0.191. The van der Waals surface area contributed by atoms with Crippen molar-refractivity contribution in [2.75, 3.05) is 6.54 Å². The Morgan fingerprint density at radius 3 is 2.81 bits per heavy atom. The van der Waals surface area contributed by atoms with E-state index in [1.807, 2.05) is 0 Å². The van der Waals surface area contributed by atoms with Crippen LogP contribution in [0.4, 0.5) is 5.69 Å². The zero-order chi connectivity index (χ0) is 15.4. The van der Waals surface area contributed by atoms with Crippen LogP contribution >= 0.6 is 0 Å². The Morgan fingerprint density at radius 2 is 2.19 bits per heavy atom. The molecule has 1 fully saturated rings. The Morgan fingerprint density at radius 1 is 1.43 bits per heavy atom. The van der Waals surface area contributed by atoms with Gasteiger partial charge in [0, 0.05) is 6.54 Å². The summed E-state index contributed by atoms with van der Waals surface area (Å²) < 4.78 is 1.16. The highest BCUT2D eigenvalue weighted by atomic mass is 16.6. The minimum atomic E-state index is -1.02. The van der Waals surface area contributed by atoms with Gasteiger partial charge in [-0.3, -0.25) is 19.6 Å². The number of likely N-dealkylation sites (tertiary alicyclic amines) is 1. The van der Waals surface area contributed by atoms with E-state index in [2.05, 4.69) is 5.10 Å². The van der Waals surface area contributed by atoms with E-state index in [1.54, 1.807) is 0 Å². The minimum Gasteiger partial charge on any atom is -0.480 e. The monoisotopic (exact) mass is 296 g/mol. The summed E-state index contributed by atoms with van der Waals surface area (Å²) in [7, 11) is 0. The van der Waals surface area contributed by atoms with Gasteiger partial charge in [-0.1, -0.05) is 12.8 Å². The largest absolute Gasteiger partial charge is 0.480 e. The molecule has 1 unspecified atom stereocenters. The maximum Gasteiger partial charge on any atom is 0.326 e. The van der Waals surface area contributed by atoms with Crippen LogP contribution in [0, 0.1) is 10.1 Å². The third kappa shape index (κ3) is 3.56. The van der Waals surface area contributed by atoms with Crippen molar-refractivity contribution in [2.45, 2.75) is 38.3 Å². The third-order valence-corrected chi connectivity index (χ3v) is 3.49. The number of amides is 1. The smallest absolute Gasteiger partial charge is 0.326 e. The Kier molecular flexibility index (Phi) is 4.51. The second-order valence-corrected chi connectivity index (χ2v) is 4.94. The standard InChI is InChI=1S/C12H16N4O5/c17-11(8-14-7-9(6-13-14)16(20)21)15-5-3-1-2-4-10(15)12(18)19/h6-7,10H,1-5,8H2,(H,18,19). The molecule has 0 radical (unpaired) electrons. The van der Waals surface area contributed by atoms with Crippen molar-refractivity contribution in [1.82, 2.24) is 14.7 Å². The van der Waals surface area contributed by atoms with E-state index in [0.717, 1.165) is 36.3 Å². The molecule has 0 aromatic carbocycles. The number of carbonyl (C=O) groups excluding carboxylic acids is 1. The van der Waals surface area contributed by atoms with Gasteiger partial charge in [0.1, 0.15) is 25.0 Å². The van der Waals surface area contributed by atoms with Crippen molar-refractivity contribution < 1.29 is 19.6 Å². The molecule has 21 heavy (non-hydrogen) atoms. The maximum absolute atomic E-state index is 12.2. The SMILES string of the molecule is O=C(O)C1CCCCCN1C(=O)Cn1cc([N+](=O)[O-])cn1. The molecule has 114 valence electrons. The highest BCUT2D eigenvalue weighted by molar-refractivity contribution is 5.83. The Labute approximate surface area is 120 Å². The fraction of sp³-hybridized carbons (Fsp3) is 0.583. The summed E-state index contributed by atoms with van der Waals surface area (Å²) in [5.41, 5.74) is -0.201. The second-order valence-electron chi connectivity index (χ2n) is 4.94. The molecule has 0 bridgehead atoms. The minimum absolute atomic E-state index is 0.197. The first-order chi connectivity index (χ1) is 9.99. The molecular formula is C12H16N4O5. The van der Waals surface area contributed by atoms with Crippen LogP contribution in [0.2, 0.25) is 0 Å². The Balaban J connectivity index is 2.08. The average molecular weight is 296 g/mol. The zero-order valence-corrected chi connectivity index (χ0v) is 11.3. The van der Waals surface area contributed by atoms with Crippen molar-refractivity contribution in [3.8, 4) is 0 Å². The number of nitrogens with zero attached hydrogens (tertiary/aromatic N) is 4. The predicted octanol–water partition coefficient (Wildman–Crippen LogP) is 0.647. The van der Waals surface area contributed by atoms with Crippen LogP contribution < -0.4 is 0 Å². The maximum atomic E-state index is 12.2. The van der Waals surface area contributed by atoms with E-state index in [1.165, 1.54) is 4.90 Å². The van der Waals surface area contributed by atoms with E-state index in [0.29, 0.717) is 13.0 Å². The summed E-state index contributed by atoms with van der Waals surface area (Å²) in [5, 5.41) is 23.5. The molecule has 1 atom stereocenters. The summed E-state index contributed by atoms with van der Waals surface area (Å²) in [6, 6.07) is -0.828. The molecule has 1 saturated heterocycles. The molecule has 2 heterocycles. The lowest BCUT2D eigenvalue weighted by Gasteiger charge is -2.26. The molecule has 1 amide bonds. The molecule has 0 saturated carbocycles. The van der Waals surface area contributed by atoms with E-state index < -0.39 is 16.9 Å². The van der Waals surface area contributed by atoms with E-state index in [4.69, 9.17) is 0 Å². The molecule has 1 aliphatic heterocycles. The van der Waals surface area contributed by atoms with Crippen LogP contribution in [0.15, 0.2) is 12.4 Å². The number of aliphatic carboxylic acids is 1. The van der Waals surface area contributed by atoms with Crippen LogP contribution in [0.3, 0.4) is 0 Å². The molecule has 9 heteroatoms. The number of hydrogen-bond donors (Lipinski definition) is 1. The number of carboxylic acid groups (broad SMARTS) is 1. The van der Waals surface area contributed by atoms with Crippen molar-refractivity contribution >= 4 is 17.6 Å². The average Bonchev–Trinajstić information content (AvgIpc) is 2.74. The normalized spacial score (nSPS) is 19.0. The fourth-order valence-electron chi connectivity index (χ4n) is 2.43. The van der Waals surface area contributed by atoms with Crippen LogP contribution in [-0.4, -0.2) is 49.2 Å². The fourth-order valence-corrected chi connectivity index (χ4v) is 2.43. The number of rotatable bonds is 4. The number of aromatic nitrogens is 2. The van der Waals surface area contributed by atoms with Gasteiger partial charge in [0.15, 0.2) is 0 Å². The first-order valence-electron chi connectivity index (χ1n) is 6.68. The van der Waals surface area contributed by atoms with Gasteiger partial charge in [-0.15, -0.1) is 0 Å². The third-order valence-electron chi connectivity index (χ3n) is 3.49. The van der Waals surface area contributed by atoms with Crippen molar-refractivity contribution in [3.63, 3.8) is 0 Å². The predicted molar refractivity (Wildman–Crippen MR) is 70.5 cm³/mol. The summed E-state index contributed by atoms with van der Waals surface area (Å²) in [5.74, 6) is -1.40. The number of carbonyl (C=O) groups is 2. The van der Waals surface area contributed by atoms with E-state index in [-0.39, 0.29) is 18.1 Å². The van der Waals surface area contributed by atoms with E-state index in [9.17, 15) is 24.8 Å². The molecule has 1 aromatic rings. The van der Waals surface area contributed by atoms with Gasteiger partial charge in [0.05, 0.1) is 4.92 Å². The van der Waals surface area contributed by atoms with Gasteiger partial charge in [-0.25, -0.2) is 4.79 Å². The molecule has 9 nitrogen and oxygen atoms in total. The number of carboxylic acids is 1. The van der Waals surface area contributed by atoms with Gasteiger partial charge >= 0.3 is 11.7 Å². The second kappa shape index (κ2) is 6.33. The topological polar surface area (TPSA) is 119 Å². The van der Waals surface area contributed by atoms with E-state index >= 15 is 0 Å². The summed E-state index contributed by atoms with van der Waals surface area (Å²) >= 11 is 0. The lowest BCUT2D eigenvalue weighted by molar-refractivity contribution is -0.385. The van der Waals surface area contributed by atoms with Gasteiger partial charge in [0.25, 0.3) is 0 Å². The van der Waals surface area contributed by atoms with Gasteiger partial charge in [-0.05, 0) is 12.8 Å². The first kappa shape index (κ1) is 14.9. The van der Waals surface area contributed by atoms with Crippen LogP contribution in [-0.2, 0) is 16.1 Å². The Bertz CT molecular complexity index is 556. The number of nitro groups is 1. The lowest BCUT2D eigenvalue weighted by atomic mass is 10.1. The lowest BCUT2D eigenvalue weighted by Crippen LogP contribution is -2.46. The summed E-state index contributed by atoms with van der Waals surface area (Å²) in [6.07, 6.45) is 5.07. The molecule has 0 spiro atoms. The zero-order valence-electron chi connectivity index (χ0n) is 11.3. The molecule has 1 aromatic heterocycles.